The lowest BCUT2D eigenvalue weighted by atomic mass is 10.2. The summed E-state index contributed by atoms with van der Waals surface area (Å²) in [5.74, 6) is 1.17. The molecule has 1 heterocycles. The molecule has 0 unspecified atom stereocenters. The molecule has 0 spiro atoms. The van der Waals surface area contributed by atoms with Crippen molar-refractivity contribution in [2.45, 2.75) is 20.4 Å². The van der Waals surface area contributed by atoms with Crippen LogP contribution in [0.4, 0.5) is 5.69 Å². The topological polar surface area (TPSA) is 60.7 Å². The summed E-state index contributed by atoms with van der Waals surface area (Å²) >= 11 is 0. The highest BCUT2D eigenvalue weighted by Gasteiger charge is 2.11. The Bertz CT molecular complexity index is 618. The first kappa shape index (κ1) is 15.0. The molecular weight excluding hydrogens is 270 g/mol. The molecule has 0 radical (unpaired) electrons. The van der Waals surface area contributed by atoms with E-state index in [0.717, 1.165) is 17.0 Å². The number of carbonyl (C=O) groups is 1. The molecule has 0 aliphatic rings. The van der Waals surface area contributed by atoms with Gasteiger partial charge in [0.2, 0.25) is 5.76 Å². The number of nitrogens with one attached hydrogen (secondary N) is 1. The lowest BCUT2D eigenvalue weighted by Crippen LogP contribution is -2.03. The molecule has 0 bridgehead atoms. The van der Waals surface area contributed by atoms with Crippen LogP contribution in [0.3, 0.4) is 0 Å². The van der Waals surface area contributed by atoms with E-state index >= 15 is 0 Å². The van der Waals surface area contributed by atoms with E-state index in [0.29, 0.717) is 18.9 Å². The van der Waals surface area contributed by atoms with Crippen LogP contribution in [0.1, 0.15) is 28.8 Å². The Kier molecular flexibility index (Phi) is 4.87. The molecule has 0 saturated carbocycles. The van der Waals surface area contributed by atoms with E-state index in [1.165, 1.54) is 7.11 Å². The van der Waals surface area contributed by atoms with Gasteiger partial charge in [0.15, 0.2) is 0 Å². The lowest BCUT2D eigenvalue weighted by molar-refractivity contribution is 0.0563. The first-order chi connectivity index (χ1) is 10.1. The second-order valence-corrected chi connectivity index (χ2v) is 4.54. The summed E-state index contributed by atoms with van der Waals surface area (Å²) in [5.41, 5.74) is 2.02. The fourth-order valence-corrected chi connectivity index (χ4v) is 1.92. The third-order valence-corrected chi connectivity index (χ3v) is 2.94. The van der Waals surface area contributed by atoms with Crippen LogP contribution >= 0.6 is 0 Å². The van der Waals surface area contributed by atoms with E-state index in [-0.39, 0.29) is 5.76 Å². The number of aryl methyl sites for hydroxylation is 1. The van der Waals surface area contributed by atoms with Crippen LogP contribution in [0.2, 0.25) is 0 Å². The summed E-state index contributed by atoms with van der Waals surface area (Å²) in [5, 5.41) is 3.24. The number of benzene rings is 1. The summed E-state index contributed by atoms with van der Waals surface area (Å²) in [7, 11) is 1.32. The minimum Gasteiger partial charge on any atom is -0.492 e. The molecule has 0 atom stereocenters. The van der Waals surface area contributed by atoms with Crippen molar-refractivity contribution in [2.24, 2.45) is 0 Å². The zero-order valence-corrected chi connectivity index (χ0v) is 12.4. The van der Waals surface area contributed by atoms with Crippen molar-refractivity contribution >= 4 is 11.7 Å². The van der Waals surface area contributed by atoms with E-state index in [2.05, 4.69) is 10.1 Å². The van der Waals surface area contributed by atoms with Gasteiger partial charge < -0.3 is 19.2 Å². The molecule has 5 nitrogen and oxygen atoms in total. The first-order valence-electron chi connectivity index (χ1n) is 6.78. The van der Waals surface area contributed by atoms with Gasteiger partial charge in [-0.3, -0.25) is 0 Å². The molecule has 0 amide bonds. The molecule has 2 aromatic rings. The molecule has 21 heavy (non-hydrogen) atoms. The Morgan fingerprint density at radius 3 is 2.81 bits per heavy atom. The van der Waals surface area contributed by atoms with Crippen molar-refractivity contribution in [1.82, 2.24) is 0 Å². The Morgan fingerprint density at radius 2 is 2.10 bits per heavy atom. The SMILES string of the molecule is CCOc1cc(C)ccc1NCc1ccc(C(=O)OC)o1. The van der Waals surface area contributed by atoms with Crippen molar-refractivity contribution in [3.05, 3.63) is 47.4 Å². The highest BCUT2D eigenvalue weighted by molar-refractivity contribution is 5.86. The van der Waals surface area contributed by atoms with Gasteiger partial charge in [-0.1, -0.05) is 6.07 Å². The van der Waals surface area contributed by atoms with E-state index in [1.807, 2.05) is 32.0 Å². The second kappa shape index (κ2) is 6.83. The van der Waals surface area contributed by atoms with E-state index in [1.54, 1.807) is 12.1 Å². The molecule has 0 saturated heterocycles. The molecule has 0 aliphatic heterocycles. The van der Waals surface area contributed by atoms with E-state index in [4.69, 9.17) is 9.15 Å². The number of rotatable bonds is 6. The minimum atomic E-state index is -0.480. The third kappa shape index (κ3) is 3.78. The van der Waals surface area contributed by atoms with Gasteiger partial charge in [0.25, 0.3) is 0 Å². The van der Waals surface area contributed by atoms with Crippen molar-refractivity contribution in [2.75, 3.05) is 19.0 Å². The highest BCUT2D eigenvalue weighted by Crippen LogP contribution is 2.26. The number of methoxy groups -OCH3 is 1. The fraction of sp³-hybridized carbons (Fsp3) is 0.312. The second-order valence-electron chi connectivity index (χ2n) is 4.54. The summed E-state index contributed by atoms with van der Waals surface area (Å²) < 4.78 is 15.6. The Hall–Kier alpha value is -2.43. The molecule has 112 valence electrons. The number of anilines is 1. The Labute approximate surface area is 123 Å². The predicted molar refractivity (Wildman–Crippen MR) is 79.7 cm³/mol. The van der Waals surface area contributed by atoms with Gasteiger partial charge in [0, 0.05) is 0 Å². The van der Waals surface area contributed by atoms with Crippen molar-refractivity contribution in [3.8, 4) is 5.75 Å². The van der Waals surface area contributed by atoms with Gasteiger partial charge in [-0.15, -0.1) is 0 Å². The van der Waals surface area contributed by atoms with Gasteiger partial charge in [-0.25, -0.2) is 4.79 Å². The number of hydrogen-bond donors (Lipinski definition) is 1. The Morgan fingerprint density at radius 1 is 1.29 bits per heavy atom. The maximum Gasteiger partial charge on any atom is 0.373 e. The van der Waals surface area contributed by atoms with Gasteiger partial charge in [0.05, 0.1) is 25.9 Å². The summed E-state index contributed by atoms with van der Waals surface area (Å²) in [6, 6.07) is 9.29. The summed E-state index contributed by atoms with van der Waals surface area (Å²) in [4.78, 5) is 11.3. The minimum absolute atomic E-state index is 0.197. The summed E-state index contributed by atoms with van der Waals surface area (Å²) in [6.45, 7) is 5.02. The number of esters is 1. The molecule has 0 aliphatic carbocycles. The number of ether oxygens (including phenoxy) is 2. The summed E-state index contributed by atoms with van der Waals surface area (Å²) in [6.07, 6.45) is 0. The molecule has 0 fully saturated rings. The molecule has 5 heteroatoms. The average Bonchev–Trinajstić information content (AvgIpc) is 2.95. The fourth-order valence-electron chi connectivity index (χ4n) is 1.92. The predicted octanol–water partition coefficient (Wildman–Crippen LogP) is 3.39. The number of carbonyl (C=O) groups excluding carboxylic acids is 1. The van der Waals surface area contributed by atoms with Crippen LogP contribution < -0.4 is 10.1 Å². The standard InChI is InChI=1S/C16H19NO4/c1-4-20-15-9-11(2)5-7-13(15)17-10-12-6-8-14(21-12)16(18)19-3/h5-9,17H,4,10H2,1-3H3. The highest BCUT2D eigenvalue weighted by atomic mass is 16.5. The first-order valence-corrected chi connectivity index (χ1v) is 6.78. The van der Waals surface area contributed by atoms with Gasteiger partial charge in [-0.2, -0.15) is 0 Å². The zero-order chi connectivity index (χ0) is 15.2. The maximum atomic E-state index is 11.3. The average molecular weight is 289 g/mol. The van der Waals surface area contributed by atoms with Gasteiger partial charge >= 0.3 is 5.97 Å². The van der Waals surface area contributed by atoms with Crippen LogP contribution in [0.5, 0.6) is 5.75 Å². The van der Waals surface area contributed by atoms with E-state index < -0.39 is 5.97 Å². The van der Waals surface area contributed by atoms with Crippen LogP contribution in [-0.2, 0) is 11.3 Å². The quantitative estimate of drug-likeness (QED) is 0.826. The number of furan rings is 1. The molecule has 1 aromatic heterocycles. The van der Waals surface area contributed by atoms with Crippen molar-refractivity contribution in [3.63, 3.8) is 0 Å². The van der Waals surface area contributed by atoms with Gasteiger partial charge in [-0.05, 0) is 43.7 Å². The van der Waals surface area contributed by atoms with Crippen LogP contribution in [0.25, 0.3) is 0 Å². The van der Waals surface area contributed by atoms with Crippen LogP contribution in [0, 0.1) is 6.92 Å². The van der Waals surface area contributed by atoms with Gasteiger partial charge in [0.1, 0.15) is 11.5 Å². The van der Waals surface area contributed by atoms with Crippen LogP contribution in [0.15, 0.2) is 34.7 Å². The van der Waals surface area contributed by atoms with E-state index in [9.17, 15) is 4.79 Å². The van der Waals surface area contributed by atoms with Crippen molar-refractivity contribution in [1.29, 1.82) is 0 Å². The monoisotopic (exact) mass is 289 g/mol. The molecular formula is C16H19NO4. The largest absolute Gasteiger partial charge is 0.492 e. The molecule has 1 N–H and O–H groups in total. The smallest absolute Gasteiger partial charge is 0.373 e. The lowest BCUT2D eigenvalue weighted by Gasteiger charge is -2.12. The molecule has 2 rings (SSSR count). The zero-order valence-electron chi connectivity index (χ0n) is 12.4. The van der Waals surface area contributed by atoms with Crippen molar-refractivity contribution < 1.29 is 18.7 Å². The third-order valence-electron chi connectivity index (χ3n) is 2.94. The normalized spacial score (nSPS) is 10.2. The Balaban J connectivity index is 2.06. The number of hydrogen-bond acceptors (Lipinski definition) is 5. The van der Waals surface area contributed by atoms with Crippen LogP contribution in [-0.4, -0.2) is 19.7 Å². The maximum absolute atomic E-state index is 11.3. The molecule has 1 aromatic carbocycles.